The first-order valence-electron chi connectivity index (χ1n) is 6.45. The van der Waals surface area contributed by atoms with Crippen molar-refractivity contribution >= 4 is 17.5 Å². The van der Waals surface area contributed by atoms with Crippen molar-refractivity contribution in [2.24, 2.45) is 17.8 Å². The van der Waals surface area contributed by atoms with E-state index in [-0.39, 0.29) is 5.91 Å². The Bertz CT molecular complexity index is 376. The Labute approximate surface area is 115 Å². The zero-order valence-corrected chi connectivity index (χ0v) is 12.3. The summed E-state index contributed by atoms with van der Waals surface area (Å²) in [6.45, 7) is 9.49. The Morgan fingerprint density at radius 1 is 1.11 bits per heavy atom. The molecular formula is C15H22ClNO. The maximum absolute atomic E-state index is 12.0. The minimum Gasteiger partial charge on any atom is -0.352 e. The van der Waals surface area contributed by atoms with E-state index in [9.17, 15) is 4.79 Å². The van der Waals surface area contributed by atoms with Gasteiger partial charge in [0.2, 0.25) is 0 Å². The average Bonchev–Trinajstić information content (AvgIpc) is 2.28. The fourth-order valence-electron chi connectivity index (χ4n) is 2.16. The molecule has 0 bridgehead atoms. The second-order valence-corrected chi connectivity index (χ2v) is 5.81. The van der Waals surface area contributed by atoms with E-state index in [1.54, 1.807) is 24.3 Å². The standard InChI is InChI=1S/C15H22ClNO/c1-10(2)14(11(3)4)9-17-15(18)12-5-7-13(16)8-6-12/h5-8,10-11,14H,9H2,1-4H3,(H,17,18). The van der Waals surface area contributed by atoms with Crippen LogP contribution in [0.3, 0.4) is 0 Å². The van der Waals surface area contributed by atoms with Crippen LogP contribution in [0.25, 0.3) is 0 Å². The lowest BCUT2D eigenvalue weighted by Gasteiger charge is -2.25. The van der Waals surface area contributed by atoms with Crippen molar-refractivity contribution < 1.29 is 4.79 Å². The first-order valence-corrected chi connectivity index (χ1v) is 6.83. The molecule has 1 rings (SSSR count). The van der Waals surface area contributed by atoms with Gasteiger partial charge in [-0.3, -0.25) is 4.79 Å². The number of amides is 1. The molecule has 0 spiro atoms. The van der Waals surface area contributed by atoms with Gasteiger partial charge < -0.3 is 5.32 Å². The minimum absolute atomic E-state index is 0.0297. The van der Waals surface area contributed by atoms with Gasteiger partial charge in [0.05, 0.1) is 0 Å². The van der Waals surface area contributed by atoms with Crippen molar-refractivity contribution in [1.82, 2.24) is 5.32 Å². The largest absolute Gasteiger partial charge is 0.352 e. The van der Waals surface area contributed by atoms with E-state index in [1.165, 1.54) is 0 Å². The summed E-state index contributed by atoms with van der Waals surface area (Å²) in [4.78, 5) is 12.0. The first-order chi connectivity index (χ1) is 8.41. The van der Waals surface area contributed by atoms with Gasteiger partial charge >= 0.3 is 0 Å². The van der Waals surface area contributed by atoms with E-state index in [0.29, 0.717) is 28.3 Å². The van der Waals surface area contributed by atoms with E-state index < -0.39 is 0 Å². The SMILES string of the molecule is CC(C)C(CNC(=O)c1ccc(Cl)cc1)C(C)C. The molecule has 0 radical (unpaired) electrons. The predicted molar refractivity (Wildman–Crippen MR) is 77.0 cm³/mol. The maximum atomic E-state index is 12.0. The maximum Gasteiger partial charge on any atom is 0.251 e. The fourth-order valence-corrected chi connectivity index (χ4v) is 2.28. The van der Waals surface area contributed by atoms with Crippen LogP contribution in [-0.2, 0) is 0 Å². The molecule has 0 aliphatic rings. The third kappa shape index (κ3) is 4.34. The van der Waals surface area contributed by atoms with Crippen LogP contribution in [0.2, 0.25) is 5.02 Å². The molecular weight excluding hydrogens is 246 g/mol. The molecule has 100 valence electrons. The second-order valence-electron chi connectivity index (χ2n) is 5.37. The molecule has 0 aliphatic carbocycles. The zero-order valence-electron chi connectivity index (χ0n) is 11.5. The summed E-state index contributed by atoms with van der Waals surface area (Å²) in [5.74, 6) is 1.60. The number of hydrogen-bond acceptors (Lipinski definition) is 1. The van der Waals surface area contributed by atoms with Crippen molar-refractivity contribution in [3.05, 3.63) is 34.9 Å². The van der Waals surface area contributed by atoms with E-state index >= 15 is 0 Å². The number of halogens is 1. The van der Waals surface area contributed by atoms with E-state index in [2.05, 4.69) is 33.0 Å². The molecule has 0 unspecified atom stereocenters. The van der Waals surface area contributed by atoms with Crippen molar-refractivity contribution in [1.29, 1.82) is 0 Å². The third-order valence-corrected chi connectivity index (χ3v) is 3.57. The first kappa shape index (κ1) is 15.0. The highest BCUT2D eigenvalue weighted by Gasteiger charge is 2.18. The van der Waals surface area contributed by atoms with Gasteiger partial charge in [0.1, 0.15) is 0 Å². The molecule has 1 aromatic carbocycles. The number of rotatable bonds is 5. The van der Waals surface area contributed by atoms with Crippen LogP contribution in [0, 0.1) is 17.8 Å². The van der Waals surface area contributed by atoms with E-state index in [1.807, 2.05) is 0 Å². The number of carbonyl (C=O) groups is 1. The van der Waals surface area contributed by atoms with Gasteiger partial charge in [0.15, 0.2) is 0 Å². The smallest absolute Gasteiger partial charge is 0.251 e. The number of nitrogens with one attached hydrogen (secondary N) is 1. The highest BCUT2D eigenvalue weighted by Crippen LogP contribution is 2.19. The lowest BCUT2D eigenvalue weighted by Crippen LogP contribution is -2.33. The minimum atomic E-state index is -0.0297. The Balaban J connectivity index is 2.57. The Morgan fingerprint density at radius 2 is 1.61 bits per heavy atom. The Kier molecular flexibility index (Phi) is 5.67. The van der Waals surface area contributed by atoms with E-state index in [0.717, 1.165) is 6.54 Å². The summed E-state index contributed by atoms with van der Waals surface area (Å²) in [7, 11) is 0. The molecule has 0 saturated carbocycles. The summed E-state index contributed by atoms with van der Waals surface area (Å²) in [6.07, 6.45) is 0. The highest BCUT2D eigenvalue weighted by atomic mass is 35.5. The molecule has 0 heterocycles. The van der Waals surface area contributed by atoms with Crippen molar-refractivity contribution in [3.8, 4) is 0 Å². The van der Waals surface area contributed by atoms with Crippen LogP contribution in [0.5, 0.6) is 0 Å². The van der Waals surface area contributed by atoms with Crippen LogP contribution >= 0.6 is 11.6 Å². The summed E-state index contributed by atoms with van der Waals surface area (Å²) in [6, 6.07) is 6.96. The Morgan fingerprint density at radius 3 is 2.06 bits per heavy atom. The fraction of sp³-hybridized carbons (Fsp3) is 0.533. The molecule has 2 nitrogen and oxygen atoms in total. The lowest BCUT2D eigenvalue weighted by molar-refractivity contribution is 0.0937. The quantitative estimate of drug-likeness (QED) is 0.858. The lowest BCUT2D eigenvalue weighted by atomic mass is 9.85. The normalized spacial score (nSPS) is 11.3. The molecule has 0 aliphatic heterocycles. The van der Waals surface area contributed by atoms with Crippen molar-refractivity contribution in [2.75, 3.05) is 6.54 Å². The molecule has 18 heavy (non-hydrogen) atoms. The molecule has 0 aromatic heterocycles. The van der Waals surface area contributed by atoms with Crippen LogP contribution in [0.15, 0.2) is 24.3 Å². The predicted octanol–water partition coefficient (Wildman–Crippen LogP) is 4.00. The van der Waals surface area contributed by atoms with Crippen LogP contribution in [-0.4, -0.2) is 12.5 Å². The van der Waals surface area contributed by atoms with Gasteiger partial charge in [0, 0.05) is 17.1 Å². The number of hydrogen-bond donors (Lipinski definition) is 1. The van der Waals surface area contributed by atoms with Crippen molar-refractivity contribution in [2.45, 2.75) is 27.7 Å². The number of carbonyl (C=O) groups excluding carboxylic acids is 1. The molecule has 0 atom stereocenters. The molecule has 1 amide bonds. The van der Waals surface area contributed by atoms with Crippen molar-refractivity contribution in [3.63, 3.8) is 0 Å². The van der Waals surface area contributed by atoms with Crippen LogP contribution < -0.4 is 5.32 Å². The van der Waals surface area contributed by atoms with Gasteiger partial charge in [-0.2, -0.15) is 0 Å². The van der Waals surface area contributed by atoms with Gasteiger partial charge in [-0.25, -0.2) is 0 Å². The summed E-state index contributed by atoms with van der Waals surface area (Å²) >= 11 is 5.80. The summed E-state index contributed by atoms with van der Waals surface area (Å²) in [5, 5.41) is 3.65. The molecule has 1 N–H and O–H groups in total. The van der Waals surface area contributed by atoms with E-state index in [4.69, 9.17) is 11.6 Å². The molecule has 0 fully saturated rings. The molecule has 0 saturated heterocycles. The summed E-state index contributed by atoms with van der Waals surface area (Å²) in [5.41, 5.74) is 0.658. The van der Waals surface area contributed by atoms with Gasteiger partial charge in [-0.1, -0.05) is 39.3 Å². The average molecular weight is 268 g/mol. The third-order valence-electron chi connectivity index (χ3n) is 3.32. The molecule has 3 heteroatoms. The van der Waals surface area contributed by atoms with Crippen LogP contribution in [0.1, 0.15) is 38.1 Å². The molecule has 1 aromatic rings. The zero-order chi connectivity index (χ0) is 13.7. The second kappa shape index (κ2) is 6.79. The van der Waals surface area contributed by atoms with Gasteiger partial charge in [0.25, 0.3) is 5.91 Å². The Hall–Kier alpha value is -1.02. The van der Waals surface area contributed by atoms with Gasteiger partial charge in [-0.05, 0) is 42.0 Å². The summed E-state index contributed by atoms with van der Waals surface area (Å²) < 4.78 is 0. The van der Waals surface area contributed by atoms with Gasteiger partial charge in [-0.15, -0.1) is 0 Å². The topological polar surface area (TPSA) is 29.1 Å². The van der Waals surface area contributed by atoms with Crippen LogP contribution in [0.4, 0.5) is 0 Å². The number of benzene rings is 1. The highest BCUT2D eigenvalue weighted by molar-refractivity contribution is 6.30. The monoisotopic (exact) mass is 267 g/mol.